The first-order valence-electron chi connectivity index (χ1n) is 6.24. The fourth-order valence-corrected chi connectivity index (χ4v) is 2.30. The topological polar surface area (TPSA) is 83.8 Å². The summed E-state index contributed by atoms with van der Waals surface area (Å²) < 4.78 is 0.816. The minimum absolute atomic E-state index is 0.0905. The van der Waals surface area contributed by atoms with Crippen LogP contribution in [0.3, 0.4) is 0 Å². The van der Waals surface area contributed by atoms with Gasteiger partial charge in [0.25, 0.3) is 5.69 Å². The fraction of sp³-hybridized carbons (Fsp3) is 0.308. The van der Waals surface area contributed by atoms with Crippen LogP contribution in [0, 0.1) is 17.0 Å². The SMILES string of the molecule is Cc1[nH]ncc1CCCNc1cc(Br)ccc1[N+](=O)[O-]. The summed E-state index contributed by atoms with van der Waals surface area (Å²) >= 11 is 3.32. The molecule has 0 amide bonds. The minimum Gasteiger partial charge on any atom is -0.379 e. The molecule has 0 aliphatic rings. The number of rotatable bonds is 6. The van der Waals surface area contributed by atoms with Crippen LogP contribution >= 0.6 is 15.9 Å². The average molecular weight is 339 g/mol. The third-order valence-electron chi connectivity index (χ3n) is 3.03. The molecule has 20 heavy (non-hydrogen) atoms. The van der Waals surface area contributed by atoms with Crippen molar-refractivity contribution in [1.82, 2.24) is 10.2 Å². The Morgan fingerprint density at radius 3 is 2.95 bits per heavy atom. The Kier molecular flexibility index (Phi) is 4.73. The van der Waals surface area contributed by atoms with Gasteiger partial charge in [0.1, 0.15) is 5.69 Å². The van der Waals surface area contributed by atoms with E-state index in [2.05, 4.69) is 31.4 Å². The summed E-state index contributed by atoms with van der Waals surface area (Å²) in [4.78, 5) is 10.6. The van der Waals surface area contributed by atoms with Crippen LogP contribution < -0.4 is 5.32 Å². The molecule has 0 spiro atoms. The van der Waals surface area contributed by atoms with Gasteiger partial charge in [0.15, 0.2) is 0 Å². The molecule has 0 aliphatic carbocycles. The van der Waals surface area contributed by atoms with E-state index in [1.165, 1.54) is 11.6 Å². The Morgan fingerprint density at radius 1 is 1.50 bits per heavy atom. The van der Waals surface area contributed by atoms with Crippen LogP contribution in [0.15, 0.2) is 28.9 Å². The molecule has 7 heteroatoms. The van der Waals surface area contributed by atoms with Crippen molar-refractivity contribution in [3.63, 3.8) is 0 Å². The molecule has 0 fully saturated rings. The molecule has 2 rings (SSSR count). The number of benzene rings is 1. The fourth-order valence-electron chi connectivity index (χ4n) is 1.94. The van der Waals surface area contributed by atoms with Crippen molar-refractivity contribution in [2.45, 2.75) is 19.8 Å². The lowest BCUT2D eigenvalue weighted by atomic mass is 10.1. The van der Waals surface area contributed by atoms with E-state index in [4.69, 9.17) is 0 Å². The van der Waals surface area contributed by atoms with Crippen molar-refractivity contribution >= 4 is 27.3 Å². The summed E-state index contributed by atoms with van der Waals surface area (Å²) in [5.74, 6) is 0. The summed E-state index contributed by atoms with van der Waals surface area (Å²) in [6.45, 7) is 2.65. The first-order valence-corrected chi connectivity index (χ1v) is 7.04. The molecule has 106 valence electrons. The first-order chi connectivity index (χ1) is 9.58. The Balaban J connectivity index is 1.92. The van der Waals surface area contributed by atoms with Crippen LogP contribution in [0.5, 0.6) is 0 Å². The number of nitrogens with one attached hydrogen (secondary N) is 2. The second kappa shape index (κ2) is 6.51. The lowest BCUT2D eigenvalue weighted by Crippen LogP contribution is -2.05. The molecule has 0 radical (unpaired) electrons. The summed E-state index contributed by atoms with van der Waals surface area (Å²) in [6, 6.07) is 4.88. The van der Waals surface area contributed by atoms with Crippen molar-refractivity contribution in [2.24, 2.45) is 0 Å². The molecule has 1 aromatic heterocycles. The number of nitrogens with zero attached hydrogens (tertiary/aromatic N) is 2. The van der Waals surface area contributed by atoms with Gasteiger partial charge in [0.2, 0.25) is 0 Å². The summed E-state index contributed by atoms with van der Waals surface area (Å²) in [5, 5.41) is 20.9. The number of anilines is 1. The third-order valence-corrected chi connectivity index (χ3v) is 3.52. The van der Waals surface area contributed by atoms with Crippen LogP contribution in [0.25, 0.3) is 0 Å². The molecule has 0 atom stereocenters. The molecular formula is C13H15BrN4O2. The molecular weight excluding hydrogens is 324 g/mol. The molecule has 0 unspecified atom stereocenters. The first kappa shape index (κ1) is 14.5. The number of nitro groups is 1. The number of aryl methyl sites for hydroxylation is 2. The number of hydrogen-bond acceptors (Lipinski definition) is 4. The minimum atomic E-state index is -0.380. The number of nitro benzene ring substituents is 1. The maximum Gasteiger partial charge on any atom is 0.292 e. The molecule has 6 nitrogen and oxygen atoms in total. The zero-order chi connectivity index (χ0) is 14.5. The second-order valence-electron chi connectivity index (χ2n) is 4.47. The number of aromatic amines is 1. The predicted octanol–water partition coefficient (Wildman–Crippen LogP) is 3.43. The number of hydrogen-bond donors (Lipinski definition) is 2. The normalized spacial score (nSPS) is 10.5. The van der Waals surface area contributed by atoms with Gasteiger partial charge in [-0.2, -0.15) is 5.10 Å². The van der Waals surface area contributed by atoms with E-state index in [1.807, 2.05) is 13.1 Å². The summed E-state index contributed by atoms with van der Waals surface area (Å²) in [6.07, 6.45) is 3.58. The van der Waals surface area contributed by atoms with E-state index < -0.39 is 0 Å². The molecule has 0 saturated heterocycles. The van der Waals surface area contributed by atoms with Gasteiger partial charge in [-0.15, -0.1) is 0 Å². The molecule has 2 N–H and O–H groups in total. The number of aromatic nitrogens is 2. The van der Waals surface area contributed by atoms with Gasteiger partial charge in [-0.25, -0.2) is 0 Å². The molecule has 0 bridgehead atoms. The Morgan fingerprint density at radius 2 is 2.30 bits per heavy atom. The predicted molar refractivity (Wildman–Crippen MR) is 80.9 cm³/mol. The highest BCUT2D eigenvalue weighted by molar-refractivity contribution is 9.10. The Bertz CT molecular complexity index is 612. The molecule has 1 aromatic carbocycles. The summed E-state index contributed by atoms with van der Waals surface area (Å²) in [7, 11) is 0. The van der Waals surface area contributed by atoms with Gasteiger partial charge in [-0.3, -0.25) is 15.2 Å². The van der Waals surface area contributed by atoms with E-state index in [9.17, 15) is 10.1 Å². The van der Waals surface area contributed by atoms with E-state index in [0.29, 0.717) is 12.2 Å². The highest BCUT2D eigenvalue weighted by atomic mass is 79.9. The van der Waals surface area contributed by atoms with Crippen LogP contribution in [0.1, 0.15) is 17.7 Å². The van der Waals surface area contributed by atoms with E-state index in [0.717, 1.165) is 23.0 Å². The molecule has 0 aliphatic heterocycles. The zero-order valence-electron chi connectivity index (χ0n) is 11.0. The highest BCUT2D eigenvalue weighted by Crippen LogP contribution is 2.27. The van der Waals surface area contributed by atoms with Crippen LogP contribution in [0.4, 0.5) is 11.4 Å². The number of H-pyrrole nitrogens is 1. The highest BCUT2D eigenvalue weighted by Gasteiger charge is 2.13. The maximum atomic E-state index is 10.9. The van der Waals surface area contributed by atoms with E-state index >= 15 is 0 Å². The molecule has 1 heterocycles. The van der Waals surface area contributed by atoms with Crippen LogP contribution in [-0.4, -0.2) is 21.7 Å². The smallest absolute Gasteiger partial charge is 0.292 e. The van der Waals surface area contributed by atoms with Crippen molar-refractivity contribution in [3.05, 3.63) is 50.2 Å². The van der Waals surface area contributed by atoms with Crippen molar-refractivity contribution in [2.75, 3.05) is 11.9 Å². The van der Waals surface area contributed by atoms with Gasteiger partial charge in [-0.05, 0) is 37.5 Å². The van der Waals surface area contributed by atoms with Gasteiger partial charge in [0.05, 0.1) is 11.1 Å². The van der Waals surface area contributed by atoms with Crippen LogP contribution in [-0.2, 0) is 6.42 Å². The molecule has 0 saturated carbocycles. The second-order valence-corrected chi connectivity index (χ2v) is 5.38. The van der Waals surface area contributed by atoms with Gasteiger partial charge in [0, 0.05) is 22.8 Å². The van der Waals surface area contributed by atoms with Crippen molar-refractivity contribution in [3.8, 4) is 0 Å². The zero-order valence-corrected chi connectivity index (χ0v) is 12.6. The lowest BCUT2D eigenvalue weighted by Gasteiger charge is -2.07. The van der Waals surface area contributed by atoms with Gasteiger partial charge in [-0.1, -0.05) is 15.9 Å². The average Bonchev–Trinajstić information content (AvgIpc) is 2.80. The largest absolute Gasteiger partial charge is 0.379 e. The third kappa shape index (κ3) is 3.57. The lowest BCUT2D eigenvalue weighted by molar-refractivity contribution is -0.384. The van der Waals surface area contributed by atoms with Crippen LogP contribution in [0.2, 0.25) is 0 Å². The number of halogens is 1. The van der Waals surface area contributed by atoms with E-state index in [-0.39, 0.29) is 10.6 Å². The van der Waals surface area contributed by atoms with Gasteiger partial charge >= 0.3 is 0 Å². The Labute approximate surface area is 124 Å². The van der Waals surface area contributed by atoms with E-state index in [1.54, 1.807) is 12.1 Å². The maximum absolute atomic E-state index is 10.9. The van der Waals surface area contributed by atoms with Crippen molar-refractivity contribution < 1.29 is 4.92 Å². The quantitative estimate of drug-likeness (QED) is 0.480. The summed E-state index contributed by atoms with van der Waals surface area (Å²) in [5.41, 5.74) is 2.87. The van der Waals surface area contributed by atoms with Gasteiger partial charge < -0.3 is 5.32 Å². The molecule has 2 aromatic rings. The van der Waals surface area contributed by atoms with Crippen molar-refractivity contribution in [1.29, 1.82) is 0 Å². The standard InChI is InChI=1S/C13H15BrN4O2/c1-9-10(8-16-17-9)3-2-6-15-12-7-11(14)4-5-13(12)18(19)20/h4-5,7-8,15H,2-3,6H2,1H3,(H,16,17). The monoisotopic (exact) mass is 338 g/mol. The Hall–Kier alpha value is -1.89.